The predicted octanol–water partition coefficient (Wildman–Crippen LogP) is 0.659. The summed E-state index contributed by atoms with van der Waals surface area (Å²) in [5.74, 6) is 1.57. The number of fused-ring (bicyclic) bond motifs is 1. The van der Waals surface area contributed by atoms with Gasteiger partial charge in [-0.15, -0.1) is 0 Å². The zero-order valence-electron chi connectivity index (χ0n) is 12.0. The van der Waals surface area contributed by atoms with Crippen LogP contribution >= 0.6 is 0 Å². The third kappa shape index (κ3) is 3.11. The largest absolute Gasteiger partial charge is 0.454 e. The first-order chi connectivity index (χ1) is 10.1. The molecule has 1 aromatic rings. The molecule has 21 heavy (non-hydrogen) atoms. The highest BCUT2D eigenvalue weighted by atomic mass is 16.7. The molecule has 2 unspecified atom stereocenters. The minimum Gasteiger partial charge on any atom is -0.454 e. The second-order valence-corrected chi connectivity index (χ2v) is 5.55. The summed E-state index contributed by atoms with van der Waals surface area (Å²) in [4.78, 5) is 13.2. The van der Waals surface area contributed by atoms with Gasteiger partial charge in [-0.2, -0.15) is 0 Å². The molecule has 6 nitrogen and oxygen atoms in total. The number of likely N-dealkylation sites (tertiary alicyclic amines) is 1. The molecule has 1 saturated heterocycles. The van der Waals surface area contributed by atoms with Crippen LogP contribution in [-0.4, -0.2) is 48.9 Å². The van der Waals surface area contributed by atoms with Crippen molar-refractivity contribution in [1.29, 1.82) is 0 Å². The third-order valence-electron chi connectivity index (χ3n) is 4.01. The van der Waals surface area contributed by atoms with Gasteiger partial charge < -0.3 is 24.8 Å². The van der Waals surface area contributed by atoms with Crippen molar-refractivity contribution in [3.63, 3.8) is 0 Å². The van der Waals surface area contributed by atoms with Gasteiger partial charge in [0.25, 0.3) is 0 Å². The van der Waals surface area contributed by atoms with E-state index in [0.717, 1.165) is 12.0 Å². The number of amides is 1. The number of hydrogen-bond donors (Lipinski definition) is 2. The molecule has 0 bridgehead atoms. The summed E-state index contributed by atoms with van der Waals surface area (Å²) in [7, 11) is 1.81. The van der Waals surface area contributed by atoms with Crippen LogP contribution in [0.5, 0.6) is 11.5 Å². The van der Waals surface area contributed by atoms with Crippen molar-refractivity contribution in [2.24, 2.45) is 0 Å². The quantitative estimate of drug-likeness (QED) is 0.853. The van der Waals surface area contributed by atoms with Crippen LogP contribution in [0.4, 0.5) is 0 Å². The number of likely N-dealkylation sites (N-methyl/N-ethyl adjacent to an activating group) is 1. The Bertz CT molecular complexity index is 534. The molecule has 0 saturated carbocycles. The molecular weight excluding hydrogens is 272 g/mol. The fourth-order valence-electron chi connectivity index (χ4n) is 2.70. The highest BCUT2D eigenvalue weighted by molar-refractivity contribution is 5.76. The number of benzene rings is 1. The molecule has 0 aromatic heterocycles. The first kappa shape index (κ1) is 14.2. The van der Waals surface area contributed by atoms with Gasteiger partial charge >= 0.3 is 0 Å². The average molecular weight is 292 g/mol. The first-order valence-corrected chi connectivity index (χ1v) is 7.18. The molecule has 114 valence electrons. The molecule has 1 amide bonds. The fourth-order valence-corrected chi connectivity index (χ4v) is 2.70. The number of rotatable bonds is 4. The first-order valence-electron chi connectivity index (χ1n) is 7.18. The maximum Gasteiger partial charge on any atom is 0.231 e. The summed E-state index contributed by atoms with van der Waals surface area (Å²) in [6, 6.07) is 5.70. The summed E-state index contributed by atoms with van der Waals surface area (Å²) in [5.41, 5.74) is 0.798. The van der Waals surface area contributed by atoms with E-state index in [2.05, 4.69) is 5.32 Å². The van der Waals surface area contributed by atoms with Gasteiger partial charge in [0, 0.05) is 32.6 Å². The van der Waals surface area contributed by atoms with Crippen LogP contribution < -0.4 is 14.8 Å². The molecule has 0 radical (unpaired) electrons. The zero-order chi connectivity index (χ0) is 14.8. The van der Waals surface area contributed by atoms with Gasteiger partial charge in [0.1, 0.15) is 0 Å². The molecule has 2 N–H and O–H groups in total. The van der Waals surface area contributed by atoms with Crippen molar-refractivity contribution >= 4 is 5.91 Å². The van der Waals surface area contributed by atoms with Crippen LogP contribution in [0, 0.1) is 0 Å². The zero-order valence-corrected chi connectivity index (χ0v) is 12.0. The molecule has 3 rings (SSSR count). The van der Waals surface area contributed by atoms with E-state index in [1.165, 1.54) is 0 Å². The highest BCUT2D eigenvalue weighted by Gasteiger charge is 2.23. The Morgan fingerprint density at radius 3 is 3.05 bits per heavy atom. The Labute approximate surface area is 123 Å². The topological polar surface area (TPSA) is 71.0 Å². The lowest BCUT2D eigenvalue weighted by atomic mass is 10.0. The van der Waals surface area contributed by atoms with Crippen molar-refractivity contribution in [1.82, 2.24) is 10.2 Å². The van der Waals surface area contributed by atoms with Crippen LogP contribution in [0.2, 0.25) is 0 Å². The minimum atomic E-state index is -0.609. The summed E-state index contributed by atoms with van der Waals surface area (Å²) < 4.78 is 10.6. The molecule has 0 aliphatic carbocycles. The monoisotopic (exact) mass is 292 g/mol. The van der Waals surface area contributed by atoms with Gasteiger partial charge in [0.2, 0.25) is 12.7 Å². The van der Waals surface area contributed by atoms with Gasteiger partial charge in [-0.05, 0) is 24.1 Å². The molecule has 1 fully saturated rings. The lowest BCUT2D eigenvalue weighted by Crippen LogP contribution is -2.47. The van der Waals surface area contributed by atoms with Crippen molar-refractivity contribution < 1.29 is 19.4 Å². The standard InChI is InChI=1S/C15H20N2O4/c1-17-8-11(3-5-15(17)19)16-7-12(18)10-2-4-13-14(6-10)21-9-20-13/h2,4,6,11-12,16,18H,3,5,7-9H2,1H3. The SMILES string of the molecule is CN1CC(NCC(O)c2ccc3c(c2)OCO3)CCC1=O. The lowest BCUT2D eigenvalue weighted by molar-refractivity contribution is -0.132. The Morgan fingerprint density at radius 2 is 2.24 bits per heavy atom. The third-order valence-corrected chi connectivity index (χ3v) is 4.01. The average Bonchev–Trinajstić information content (AvgIpc) is 2.95. The van der Waals surface area contributed by atoms with Crippen molar-refractivity contribution in [2.45, 2.75) is 25.0 Å². The van der Waals surface area contributed by atoms with Gasteiger partial charge in [-0.1, -0.05) is 6.07 Å². The van der Waals surface area contributed by atoms with E-state index >= 15 is 0 Å². The van der Waals surface area contributed by atoms with E-state index in [9.17, 15) is 9.90 Å². The maximum absolute atomic E-state index is 11.4. The number of hydrogen-bond acceptors (Lipinski definition) is 5. The number of carbonyl (C=O) groups is 1. The van der Waals surface area contributed by atoms with Gasteiger partial charge in [0.15, 0.2) is 11.5 Å². The number of carbonyl (C=O) groups excluding carboxylic acids is 1. The van der Waals surface area contributed by atoms with Crippen molar-refractivity contribution in [3.8, 4) is 11.5 Å². The van der Waals surface area contributed by atoms with Crippen LogP contribution in [0.15, 0.2) is 18.2 Å². The van der Waals surface area contributed by atoms with Crippen LogP contribution in [0.25, 0.3) is 0 Å². The summed E-state index contributed by atoms with van der Waals surface area (Å²) >= 11 is 0. The van der Waals surface area contributed by atoms with Crippen LogP contribution in [0.1, 0.15) is 24.5 Å². The Morgan fingerprint density at radius 1 is 1.43 bits per heavy atom. The molecule has 2 atom stereocenters. The fraction of sp³-hybridized carbons (Fsp3) is 0.533. The van der Waals surface area contributed by atoms with E-state index in [0.29, 0.717) is 31.0 Å². The molecule has 2 heterocycles. The van der Waals surface area contributed by atoms with E-state index in [1.807, 2.05) is 25.2 Å². The summed E-state index contributed by atoms with van der Waals surface area (Å²) in [5, 5.41) is 13.6. The summed E-state index contributed by atoms with van der Waals surface area (Å²) in [6.45, 7) is 1.37. The van der Waals surface area contributed by atoms with Gasteiger partial charge in [-0.3, -0.25) is 4.79 Å². The van der Waals surface area contributed by atoms with Crippen molar-refractivity contribution in [2.75, 3.05) is 26.9 Å². The van der Waals surface area contributed by atoms with Crippen molar-refractivity contribution in [3.05, 3.63) is 23.8 Å². The van der Waals surface area contributed by atoms with E-state index < -0.39 is 6.10 Å². The molecular formula is C15H20N2O4. The maximum atomic E-state index is 11.4. The highest BCUT2D eigenvalue weighted by Crippen LogP contribution is 2.34. The molecule has 0 spiro atoms. The molecule has 2 aliphatic rings. The number of ether oxygens (including phenoxy) is 2. The van der Waals surface area contributed by atoms with Gasteiger partial charge in [-0.25, -0.2) is 0 Å². The Balaban J connectivity index is 1.54. The number of nitrogens with zero attached hydrogens (tertiary/aromatic N) is 1. The smallest absolute Gasteiger partial charge is 0.231 e. The second kappa shape index (κ2) is 5.91. The van der Waals surface area contributed by atoms with Crippen LogP contribution in [0.3, 0.4) is 0 Å². The minimum absolute atomic E-state index is 0.185. The Kier molecular flexibility index (Phi) is 3.98. The molecule has 6 heteroatoms. The van der Waals surface area contributed by atoms with Crippen LogP contribution in [-0.2, 0) is 4.79 Å². The molecule has 2 aliphatic heterocycles. The number of aliphatic hydroxyl groups is 1. The number of piperidine rings is 1. The predicted molar refractivity (Wildman–Crippen MR) is 76.2 cm³/mol. The lowest BCUT2D eigenvalue weighted by Gasteiger charge is -2.30. The van der Waals surface area contributed by atoms with E-state index in [4.69, 9.17) is 9.47 Å². The van der Waals surface area contributed by atoms with E-state index in [1.54, 1.807) is 4.90 Å². The molecule has 1 aromatic carbocycles. The second-order valence-electron chi connectivity index (χ2n) is 5.55. The number of nitrogens with one attached hydrogen (secondary N) is 1. The van der Waals surface area contributed by atoms with E-state index in [-0.39, 0.29) is 18.7 Å². The number of aliphatic hydroxyl groups excluding tert-OH is 1. The summed E-state index contributed by atoms with van der Waals surface area (Å²) in [6.07, 6.45) is 0.771. The van der Waals surface area contributed by atoms with Gasteiger partial charge in [0.05, 0.1) is 6.10 Å². The Hall–Kier alpha value is -1.79. The normalized spacial score (nSPS) is 22.5.